The fraction of sp³-hybridized carbons (Fsp3) is 0.750. The van der Waals surface area contributed by atoms with Gasteiger partial charge in [-0.1, -0.05) is 59.3 Å². The van der Waals surface area contributed by atoms with Gasteiger partial charge in [0.2, 0.25) is 0 Å². The fourth-order valence-electron chi connectivity index (χ4n) is 3.99. The quantitative estimate of drug-likeness (QED) is 0.657. The molecule has 0 aromatic carbocycles. The smallest absolute Gasteiger partial charge is 0.308 e. The van der Waals surface area contributed by atoms with Gasteiger partial charge in [-0.15, -0.1) is 0 Å². The van der Waals surface area contributed by atoms with E-state index in [4.69, 9.17) is 4.74 Å². The second-order valence-electron chi connectivity index (χ2n) is 7.36. The normalized spacial score (nSPS) is 35.5. The summed E-state index contributed by atoms with van der Waals surface area (Å²) < 4.78 is 6.00. The summed E-state index contributed by atoms with van der Waals surface area (Å²) in [7, 11) is 0. The Balaban J connectivity index is 2.24. The van der Waals surface area contributed by atoms with E-state index in [2.05, 4.69) is 39.0 Å². The highest BCUT2D eigenvalue weighted by Gasteiger charge is 2.41. The zero-order valence-corrected chi connectivity index (χ0v) is 14.8. The molecule has 124 valence electrons. The molecule has 2 heteroatoms. The molecule has 0 N–H and O–H groups in total. The van der Waals surface area contributed by atoms with Crippen LogP contribution in [0.2, 0.25) is 0 Å². The molecule has 0 aliphatic heterocycles. The molecule has 0 aromatic heterocycles. The highest BCUT2D eigenvalue weighted by Crippen LogP contribution is 2.44. The summed E-state index contributed by atoms with van der Waals surface area (Å²) in [4.78, 5) is 12.3. The lowest BCUT2D eigenvalue weighted by Crippen LogP contribution is -2.41. The molecular formula is C20H32O2. The number of hydrogen-bond acceptors (Lipinski definition) is 2. The number of rotatable bonds is 5. The SMILES string of the molecule is CCCC1C(C)C=CC2=CC(C)CC(OC(=O)C(C)CC)C21. The number of hydrogen-bond donors (Lipinski definition) is 0. The van der Waals surface area contributed by atoms with Gasteiger partial charge in [-0.2, -0.15) is 0 Å². The Morgan fingerprint density at radius 2 is 2.09 bits per heavy atom. The van der Waals surface area contributed by atoms with Crippen LogP contribution in [-0.4, -0.2) is 12.1 Å². The monoisotopic (exact) mass is 304 g/mol. The minimum atomic E-state index is -0.0154. The molecule has 0 saturated heterocycles. The number of allylic oxidation sites excluding steroid dienone is 3. The Morgan fingerprint density at radius 3 is 2.73 bits per heavy atom. The van der Waals surface area contributed by atoms with Crippen LogP contribution in [0.1, 0.15) is 60.3 Å². The molecule has 2 rings (SSSR count). The molecule has 2 aliphatic rings. The van der Waals surface area contributed by atoms with Crippen molar-refractivity contribution in [3.05, 3.63) is 23.8 Å². The molecule has 6 unspecified atom stereocenters. The van der Waals surface area contributed by atoms with Gasteiger partial charge in [0.15, 0.2) is 0 Å². The Morgan fingerprint density at radius 1 is 1.36 bits per heavy atom. The molecule has 22 heavy (non-hydrogen) atoms. The maximum absolute atomic E-state index is 12.3. The molecule has 2 aliphatic carbocycles. The van der Waals surface area contributed by atoms with E-state index in [9.17, 15) is 4.79 Å². The maximum Gasteiger partial charge on any atom is 0.308 e. The molecule has 6 atom stereocenters. The Kier molecular flexibility index (Phi) is 5.88. The van der Waals surface area contributed by atoms with E-state index in [1.54, 1.807) is 0 Å². The molecule has 0 saturated carbocycles. The van der Waals surface area contributed by atoms with Crippen LogP contribution in [0.25, 0.3) is 0 Å². The predicted molar refractivity (Wildman–Crippen MR) is 91.4 cm³/mol. The van der Waals surface area contributed by atoms with Gasteiger partial charge in [-0.3, -0.25) is 4.79 Å². The van der Waals surface area contributed by atoms with E-state index >= 15 is 0 Å². The van der Waals surface area contributed by atoms with Gasteiger partial charge in [0.05, 0.1) is 5.92 Å². The van der Waals surface area contributed by atoms with Crippen LogP contribution in [0.3, 0.4) is 0 Å². The van der Waals surface area contributed by atoms with E-state index in [-0.39, 0.29) is 18.0 Å². The number of fused-ring (bicyclic) bond motifs is 1. The van der Waals surface area contributed by atoms with Crippen LogP contribution >= 0.6 is 0 Å². The summed E-state index contributed by atoms with van der Waals surface area (Å²) in [5.41, 5.74) is 1.40. The summed E-state index contributed by atoms with van der Waals surface area (Å²) in [5.74, 6) is 2.04. The average Bonchev–Trinajstić information content (AvgIpc) is 2.49. The first-order chi connectivity index (χ1) is 10.5. The first-order valence-corrected chi connectivity index (χ1v) is 9.08. The molecule has 0 spiro atoms. The van der Waals surface area contributed by atoms with Crippen LogP contribution in [0.15, 0.2) is 23.8 Å². The second kappa shape index (κ2) is 7.48. The minimum Gasteiger partial charge on any atom is -0.461 e. The fourth-order valence-corrected chi connectivity index (χ4v) is 3.99. The topological polar surface area (TPSA) is 26.3 Å². The minimum absolute atomic E-state index is 0.00541. The van der Waals surface area contributed by atoms with Crippen LogP contribution in [0.4, 0.5) is 0 Å². The second-order valence-corrected chi connectivity index (χ2v) is 7.36. The third-order valence-corrected chi connectivity index (χ3v) is 5.50. The lowest BCUT2D eigenvalue weighted by Gasteiger charge is -2.43. The average molecular weight is 304 g/mol. The summed E-state index contributed by atoms with van der Waals surface area (Å²) >= 11 is 0. The van der Waals surface area contributed by atoms with Crippen LogP contribution in [0.5, 0.6) is 0 Å². The standard InChI is InChI=1S/C20H32O2/c1-6-8-17-15(5)9-10-16-11-13(3)12-18(19(16)17)22-20(21)14(4)7-2/h9-11,13-15,17-19H,6-8,12H2,1-5H3. The van der Waals surface area contributed by atoms with Crippen molar-refractivity contribution < 1.29 is 9.53 Å². The van der Waals surface area contributed by atoms with Gasteiger partial charge in [0.25, 0.3) is 0 Å². The molecule has 0 radical (unpaired) electrons. The Bertz CT molecular complexity index is 449. The van der Waals surface area contributed by atoms with Crippen molar-refractivity contribution in [2.45, 2.75) is 66.4 Å². The predicted octanol–water partition coefficient (Wildman–Crippen LogP) is 5.15. The molecule has 0 fully saturated rings. The van der Waals surface area contributed by atoms with Gasteiger partial charge in [0.1, 0.15) is 6.10 Å². The Labute approximate surface area is 136 Å². The number of esters is 1. The van der Waals surface area contributed by atoms with E-state index in [0.29, 0.717) is 23.7 Å². The van der Waals surface area contributed by atoms with Gasteiger partial charge in [-0.25, -0.2) is 0 Å². The van der Waals surface area contributed by atoms with Crippen LogP contribution in [0, 0.1) is 29.6 Å². The van der Waals surface area contributed by atoms with Crippen molar-refractivity contribution in [3.63, 3.8) is 0 Å². The van der Waals surface area contributed by atoms with Crippen molar-refractivity contribution in [1.82, 2.24) is 0 Å². The summed E-state index contributed by atoms with van der Waals surface area (Å²) in [6.07, 6.45) is 11.3. The first-order valence-electron chi connectivity index (χ1n) is 9.08. The van der Waals surface area contributed by atoms with Crippen molar-refractivity contribution in [1.29, 1.82) is 0 Å². The van der Waals surface area contributed by atoms with Crippen LogP contribution < -0.4 is 0 Å². The first kappa shape index (κ1) is 17.3. The van der Waals surface area contributed by atoms with Gasteiger partial charge < -0.3 is 4.74 Å². The third-order valence-electron chi connectivity index (χ3n) is 5.50. The van der Waals surface area contributed by atoms with Crippen molar-refractivity contribution in [2.75, 3.05) is 0 Å². The molecule has 2 nitrogen and oxygen atoms in total. The molecular weight excluding hydrogens is 272 g/mol. The molecule has 0 heterocycles. The lowest BCUT2D eigenvalue weighted by molar-refractivity contribution is -0.158. The third kappa shape index (κ3) is 3.64. The van der Waals surface area contributed by atoms with Gasteiger partial charge >= 0.3 is 5.97 Å². The summed E-state index contributed by atoms with van der Waals surface area (Å²) in [6.45, 7) is 10.8. The lowest BCUT2D eigenvalue weighted by atomic mass is 9.65. The van der Waals surface area contributed by atoms with E-state index in [1.165, 1.54) is 18.4 Å². The van der Waals surface area contributed by atoms with E-state index in [1.807, 2.05) is 13.8 Å². The number of ether oxygens (including phenoxy) is 1. The number of carbonyl (C=O) groups is 1. The van der Waals surface area contributed by atoms with Gasteiger partial charge in [-0.05, 0) is 42.6 Å². The largest absolute Gasteiger partial charge is 0.461 e. The van der Waals surface area contributed by atoms with Crippen LogP contribution in [-0.2, 0) is 9.53 Å². The molecule has 0 aromatic rings. The highest BCUT2D eigenvalue weighted by molar-refractivity contribution is 5.72. The number of carbonyl (C=O) groups excluding carboxylic acids is 1. The summed E-state index contributed by atoms with van der Waals surface area (Å²) in [5, 5.41) is 0. The van der Waals surface area contributed by atoms with Crippen molar-refractivity contribution >= 4 is 5.97 Å². The summed E-state index contributed by atoms with van der Waals surface area (Å²) in [6, 6.07) is 0. The zero-order chi connectivity index (χ0) is 16.3. The van der Waals surface area contributed by atoms with E-state index < -0.39 is 0 Å². The molecule has 0 amide bonds. The van der Waals surface area contributed by atoms with Crippen molar-refractivity contribution in [2.24, 2.45) is 29.6 Å². The molecule has 0 bridgehead atoms. The van der Waals surface area contributed by atoms with Gasteiger partial charge in [0, 0.05) is 5.92 Å². The van der Waals surface area contributed by atoms with E-state index in [0.717, 1.165) is 12.8 Å². The zero-order valence-electron chi connectivity index (χ0n) is 14.8. The highest BCUT2D eigenvalue weighted by atomic mass is 16.5. The van der Waals surface area contributed by atoms with Crippen molar-refractivity contribution in [3.8, 4) is 0 Å². The Hall–Kier alpha value is -1.05. The maximum atomic E-state index is 12.3.